The molecule has 0 spiro atoms. The molecule has 0 unspecified atom stereocenters. The number of benzene rings is 12. The van der Waals surface area contributed by atoms with Crippen LogP contribution in [0.25, 0.3) is 51.9 Å². The highest BCUT2D eigenvalue weighted by Gasteiger charge is 2.28. The zero-order valence-electron chi connectivity index (χ0n) is 83.5. The lowest BCUT2D eigenvalue weighted by Crippen LogP contribution is -2.37. The number of aliphatic carboxylic acids is 3. The molecule has 0 aliphatic carbocycles. The third-order valence-corrected chi connectivity index (χ3v) is 26.5. The summed E-state index contributed by atoms with van der Waals surface area (Å²) in [4.78, 5) is 80.2. The van der Waals surface area contributed by atoms with E-state index in [9.17, 15) is 56.1 Å². The first-order valence-electron chi connectivity index (χ1n) is 48.2. The summed E-state index contributed by atoms with van der Waals surface area (Å²) in [6.07, 6.45) is 2.23. The summed E-state index contributed by atoms with van der Waals surface area (Å²) < 4.78 is 122. The number of nitrogens with zero attached hydrogens (tertiary/aromatic N) is 8. The molecule has 774 valence electrons. The fourth-order valence-electron chi connectivity index (χ4n) is 15.6. The normalized spacial score (nSPS) is 11.4. The molecule has 1 aliphatic rings. The van der Waals surface area contributed by atoms with E-state index in [1.165, 1.54) is 10.4 Å². The Hall–Kier alpha value is -17.2. The number of fused-ring (bicyclic) bond motifs is 1. The van der Waals surface area contributed by atoms with Crippen LogP contribution in [-0.4, -0.2) is 160 Å². The second-order valence-electron chi connectivity index (χ2n) is 34.5. The number of oxazole rings is 4. The Morgan fingerprint density at radius 3 is 1.15 bits per heavy atom. The third kappa shape index (κ3) is 33.2. The van der Waals surface area contributed by atoms with Crippen LogP contribution in [0.15, 0.2) is 345 Å². The average molecular weight is 2070 g/mol. The van der Waals surface area contributed by atoms with Gasteiger partial charge in [0, 0.05) is 86.1 Å². The van der Waals surface area contributed by atoms with E-state index in [-0.39, 0.29) is 38.8 Å². The van der Waals surface area contributed by atoms with E-state index in [1.807, 2.05) is 230 Å². The average Bonchev–Trinajstić information content (AvgIpc) is 1.82. The number of hydrogen-bond donors (Lipinski definition) is 3. The van der Waals surface area contributed by atoms with E-state index >= 15 is 0 Å². The summed E-state index contributed by atoms with van der Waals surface area (Å²) in [5.41, 5.74) is 13.0. The van der Waals surface area contributed by atoms with Crippen molar-refractivity contribution in [2.75, 3.05) is 59.4 Å². The summed E-state index contributed by atoms with van der Waals surface area (Å²) in [7, 11) is -7.43. The fraction of sp³-hybridized carbons (Fsp3) is 0.216. The molecule has 3 N–H and O–H groups in total. The van der Waals surface area contributed by atoms with Gasteiger partial charge in [-0.2, -0.15) is 8.61 Å². The highest BCUT2D eigenvalue weighted by atomic mass is 32.2. The van der Waals surface area contributed by atoms with Crippen molar-refractivity contribution in [3.63, 3.8) is 0 Å². The minimum atomic E-state index is -3.99. The number of aryl methyl sites for hydroxylation is 5. The van der Waals surface area contributed by atoms with Gasteiger partial charge in [-0.15, -0.1) is 0 Å². The van der Waals surface area contributed by atoms with Crippen molar-refractivity contribution in [2.45, 2.75) is 106 Å². The van der Waals surface area contributed by atoms with E-state index in [4.69, 9.17) is 55.6 Å². The number of carbonyl (C=O) groups excluding carboxylic acids is 2. The number of carboxylic acid groups (broad SMARTS) is 3. The molecule has 0 saturated heterocycles. The van der Waals surface area contributed by atoms with Gasteiger partial charge >= 0.3 is 30.1 Å². The third-order valence-electron chi connectivity index (χ3n) is 23.2. The van der Waals surface area contributed by atoms with Gasteiger partial charge in [0.05, 0.1) is 55.0 Å². The zero-order valence-corrected chi connectivity index (χ0v) is 85.1. The molecule has 0 atom stereocenters. The van der Waals surface area contributed by atoms with Gasteiger partial charge in [-0.05, 0) is 207 Å². The van der Waals surface area contributed by atoms with Crippen LogP contribution < -0.4 is 33.2 Å². The fourth-order valence-corrected chi connectivity index (χ4v) is 18.2. The van der Waals surface area contributed by atoms with E-state index in [1.54, 1.807) is 133 Å². The Labute approximate surface area is 869 Å². The predicted molar refractivity (Wildman–Crippen MR) is 563 cm³/mol. The molecule has 2 amide bonds. The van der Waals surface area contributed by atoms with E-state index in [0.717, 1.165) is 110 Å². The Bertz CT molecular complexity index is 7420. The minimum absolute atomic E-state index is 0.0140. The monoisotopic (exact) mass is 2070 g/mol. The van der Waals surface area contributed by atoms with Crippen LogP contribution in [0.5, 0.6) is 40.2 Å². The van der Waals surface area contributed by atoms with Crippen molar-refractivity contribution >= 4 is 56.2 Å². The molecular formula is C116H114N8O24S2. The molecular weight excluding hydrogens is 1950 g/mol. The lowest BCUT2D eigenvalue weighted by Gasteiger charge is -2.21. The molecule has 150 heavy (non-hydrogen) atoms. The SMILES string of the molecule is CCN(Cc1cccc(OCCc2nc(-c3ccccc3)oc2C)c1)S(=O)(=O)Cc1ccccc1.Cc1cccc(OC(=O)N(CC(=O)O)Cc2ccc(OCCc3nc(-c4ccccc4)oc3C)cc2)c1.Cc1oc(-c2ccccc2)nc1CCOc1cccc(CN(CC(=O)O)C(=O)OCc2ccc3c(c2)OCO3)c1.Cc1oc(-c2ccccc2)nc1CCOc1cccc(CN(CC(=O)O)S(=O)(=O)/C=C/c2ccccc2)c1. The number of hydrogen-bond acceptors (Lipinski definition) is 25. The van der Waals surface area contributed by atoms with Gasteiger partial charge in [-0.25, -0.2) is 46.4 Å². The van der Waals surface area contributed by atoms with Crippen LogP contribution in [0.2, 0.25) is 0 Å². The van der Waals surface area contributed by atoms with Crippen molar-refractivity contribution in [3.05, 3.63) is 417 Å². The maximum Gasteiger partial charge on any atom is 0.416 e. The Balaban J connectivity index is 0.000000158. The van der Waals surface area contributed by atoms with Gasteiger partial charge in [0.25, 0.3) is 0 Å². The molecule has 12 aromatic carbocycles. The lowest BCUT2D eigenvalue weighted by molar-refractivity contribution is -0.139. The van der Waals surface area contributed by atoms with Crippen molar-refractivity contribution in [1.29, 1.82) is 0 Å². The van der Waals surface area contributed by atoms with Gasteiger partial charge in [0.15, 0.2) is 11.5 Å². The Morgan fingerprint density at radius 1 is 0.353 bits per heavy atom. The van der Waals surface area contributed by atoms with Crippen LogP contribution >= 0.6 is 0 Å². The first kappa shape index (κ1) is 109. The van der Waals surface area contributed by atoms with Crippen molar-refractivity contribution in [2.24, 2.45) is 0 Å². The molecule has 4 aromatic heterocycles. The van der Waals surface area contributed by atoms with E-state index < -0.39 is 69.8 Å². The molecule has 17 rings (SSSR count). The van der Waals surface area contributed by atoms with Crippen molar-refractivity contribution in [3.8, 4) is 86.1 Å². The van der Waals surface area contributed by atoms with Crippen LogP contribution in [0, 0.1) is 34.6 Å². The molecule has 5 heterocycles. The molecule has 32 nitrogen and oxygen atoms in total. The summed E-state index contributed by atoms with van der Waals surface area (Å²) in [5.74, 6) is 5.83. The summed E-state index contributed by atoms with van der Waals surface area (Å²) in [5, 5.41) is 29.0. The number of amides is 2. The predicted octanol–water partition coefficient (Wildman–Crippen LogP) is 21.7. The van der Waals surface area contributed by atoms with Crippen molar-refractivity contribution in [1.82, 2.24) is 38.3 Å². The van der Waals surface area contributed by atoms with Gasteiger partial charge in [0.2, 0.25) is 50.4 Å². The number of sulfonamides is 2. The summed E-state index contributed by atoms with van der Waals surface area (Å²) >= 11 is 0. The van der Waals surface area contributed by atoms with Gasteiger partial charge < -0.3 is 70.9 Å². The Morgan fingerprint density at radius 2 is 0.720 bits per heavy atom. The standard InChI is InChI=1S/C30H28N2O8.C29H28N2O6S.C29H28N2O6.C28H30N2O4S/c1-20-25(31-29(40-20)23-7-3-2-4-8-23)12-13-36-24-9-5-6-21(14-24)16-32(17-28(33)34)30(35)37-18-22-10-11-26-27(15-22)39-19-38-26;1-22-27(30-29(37-22)25-12-6-3-7-13-25)15-17-36-26-14-8-11-24(19-26)20-31(21-28(32)33)38(34,35)18-16-23-9-4-2-5-10-23;1-20-7-6-10-25(17-20)37-29(34)31(19-27(32)33)18-22-11-13-24(14-12-22)35-16-15-26-21(2)36-28(30-26)23-8-4-3-5-9-23;1-3-30(35(31,32)21-23-11-6-4-7-12-23)20-24-13-10-16-26(19-24)33-18-17-27-22(2)34-28(29-27)25-14-8-5-9-15-25/h2-11,14-15H,12-13,16-19H2,1H3,(H,33,34);2-14,16,18-19H,15,17,20-21H2,1H3,(H,32,33);3-14,17H,15-16,18-19H2,1-2H3,(H,32,33);4-16,19H,3,17-18,20-21H2,1-2H3/b;18-16+;;. The first-order chi connectivity index (χ1) is 72.5. The molecule has 0 radical (unpaired) electrons. The van der Waals surface area contributed by atoms with Gasteiger partial charge in [-0.1, -0.05) is 207 Å². The van der Waals surface area contributed by atoms with E-state index in [2.05, 4.69) is 19.9 Å². The molecule has 0 fully saturated rings. The molecule has 16 aromatic rings. The molecule has 0 bridgehead atoms. The second-order valence-corrected chi connectivity index (χ2v) is 38.3. The number of carbonyl (C=O) groups is 5. The molecule has 34 heteroatoms. The van der Waals surface area contributed by atoms with E-state index in [0.29, 0.717) is 151 Å². The highest BCUT2D eigenvalue weighted by Crippen LogP contribution is 2.35. The maximum absolute atomic E-state index is 13.0. The maximum atomic E-state index is 13.0. The number of ether oxygens (including phenoxy) is 8. The first-order valence-corrected chi connectivity index (χ1v) is 51.4. The smallest absolute Gasteiger partial charge is 0.416 e. The van der Waals surface area contributed by atoms with Crippen LogP contribution in [-0.2, 0) is 103 Å². The van der Waals surface area contributed by atoms with Crippen molar-refractivity contribution < 1.29 is 112 Å². The lowest BCUT2D eigenvalue weighted by atomic mass is 10.2. The number of rotatable bonds is 44. The number of aromatic nitrogens is 4. The largest absolute Gasteiger partial charge is 0.493 e. The summed E-state index contributed by atoms with van der Waals surface area (Å²) in [6, 6.07) is 98.1. The van der Waals surface area contributed by atoms with Crippen LogP contribution in [0.4, 0.5) is 9.59 Å². The minimum Gasteiger partial charge on any atom is -0.493 e. The Kier molecular flexibility index (Phi) is 38.9. The zero-order chi connectivity index (χ0) is 106. The van der Waals surface area contributed by atoms with Crippen LogP contribution in [0.3, 0.4) is 0 Å². The quantitative estimate of drug-likeness (QED) is 0.0319. The molecule has 1 aliphatic heterocycles. The van der Waals surface area contributed by atoms with Gasteiger partial charge in [0.1, 0.15) is 78.0 Å². The second kappa shape index (κ2) is 53.8. The van der Waals surface area contributed by atoms with Gasteiger partial charge in [-0.3, -0.25) is 24.2 Å². The number of carboxylic acids is 3. The summed E-state index contributed by atoms with van der Waals surface area (Å²) in [6.45, 7) is 11.9. The highest BCUT2D eigenvalue weighted by molar-refractivity contribution is 7.92. The van der Waals surface area contributed by atoms with Crippen LogP contribution in [0.1, 0.15) is 97.2 Å². The topological polar surface area (TPSA) is 405 Å². The molecule has 0 saturated carbocycles.